The molecule has 0 saturated heterocycles. The fourth-order valence-corrected chi connectivity index (χ4v) is 2.25. The first-order valence-corrected chi connectivity index (χ1v) is 6.29. The molecular weight excluding hydrogens is 256 g/mol. The number of aryl methyl sites for hydroxylation is 1. The van der Waals surface area contributed by atoms with Crippen molar-refractivity contribution >= 4 is 17.5 Å². The zero-order valence-corrected chi connectivity index (χ0v) is 11.3. The summed E-state index contributed by atoms with van der Waals surface area (Å²) in [5.74, 6) is 0.627. The lowest BCUT2D eigenvalue weighted by Crippen LogP contribution is -2.35. The smallest absolute Gasteiger partial charge is 0.321 e. The van der Waals surface area contributed by atoms with Gasteiger partial charge in [-0.25, -0.2) is 4.79 Å². The topological polar surface area (TPSA) is 62.6 Å². The van der Waals surface area contributed by atoms with Crippen LogP contribution in [0.25, 0.3) is 0 Å². The Bertz CT molecular complexity index is 703. The van der Waals surface area contributed by atoms with E-state index in [9.17, 15) is 9.59 Å². The van der Waals surface area contributed by atoms with Crippen molar-refractivity contribution in [3.05, 3.63) is 53.0 Å². The highest BCUT2D eigenvalue weighted by molar-refractivity contribution is 6.09. The van der Waals surface area contributed by atoms with Crippen molar-refractivity contribution in [2.75, 3.05) is 12.4 Å². The second kappa shape index (κ2) is 4.52. The number of anilines is 1. The molecule has 1 aliphatic rings. The van der Waals surface area contributed by atoms with E-state index in [0.717, 1.165) is 11.3 Å². The van der Waals surface area contributed by atoms with Gasteiger partial charge in [-0.3, -0.25) is 4.79 Å². The molecule has 0 fully saturated rings. The van der Waals surface area contributed by atoms with Crippen molar-refractivity contribution in [3.8, 4) is 0 Å². The van der Waals surface area contributed by atoms with Gasteiger partial charge >= 0.3 is 6.03 Å². The number of carbonyl (C=O) groups is 2. The molecule has 2 amide bonds. The summed E-state index contributed by atoms with van der Waals surface area (Å²) in [7, 11) is 1.71. The number of urea groups is 1. The number of benzene rings is 1. The van der Waals surface area contributed by atoms with E-state index in [4.69, 9.17) is 4.42 Å². The Kier molecular flexibility index (Phi) is 2.82. The van der Waals surface area contributed by atoms with E-state index in [1.165, 1.54) is 6.26 Å². The first kappa shape index (κ1) is 12.5. The Morgan fingerprint density at radius 2 is 2.10 bits per heavy atom. The van der Waals surface area contributed by atoms with E-state index in [1.807, 2.05) is 6.07 Å². The highest BCUT2D eigenvalue weighted by Crippen LogP contribution is 2.25. The second-order valence-corrected chi connectivity index (χ2v) is 4.93. The van der Waals surface area contributed by atoms with Gasteiger partial charge in [0.15, 0.2) is 5.78 Å². The number of furan rings is 1. The number of carbonyl (C=O) groups excluding carboxylic acids is 2. The maximum absolute atomic E-state index is 12.3. The van der Waals surface area contributed by atoms with E-state index in [2.05, 4.69) is 5.32 Å². The summed E-state index contributed by atoms with van der Waals surface area (Å²) in [4.78, 5) is 25.4. The Morgan fingerprint density at radius 3 is 2.80 bits per heavy atom. The summed E-state index contributed by atoms with van der Waals surface area (Å²) < 4.78 is 5.16. The Balaban J connectivity index is 1.95. The van der Waals surface area contributed by atoms with E-state index < -0.39 is 0 Å². The van der Waals surface area contributed by atoms with Crippen LogP contribution >= 0.6 is 0 Å². The SMILES string of the molecule is Cc1cc(C(=O)c2ccc3c(c2)CN(C)C(=O)N3)co1. The lowest BCUT2D eigenvalue weighted by atomic mass is 10.0. The molecule has 1 aromatic carbocycles. The molecule has 1 aliphatic heterocycles. The number of fused-ring (bicyclic) bond motifs is 1. The van der Waals surface area contributed by atoms with E-state index in [1.54, 1.807) is 37.1 Å². The van der Waals surface area contributed by atoms with Crippen molar-refractivity contribution in [2.45, 2.75) is 13.5 Å². The number of hydrogen-bond acceptors (Lipinski definition) is 3. The molecule has 1 aromatic heterocycles. The molecule has 2 aromatic rings. The minimum atomic E-state index is -0.137. The lowest BCUT2D eigenvalue weighted by Gasteiger charge is -2.26. The van der Waals surface area contributed by atoms with Crippen LogP contribution in [-0.2, 0) is 6.54 Å². The van der Waals surface area contributed by atoms with Crippen molar-refractivity contribution in [1.82, 2.24) is 4.90 Å². The molecule has 0 atom stereocenters. The molecule has 0 spiro atoms. The molecule has 2 heterocycles. The first-order chi connectivity index (χ1) is 9.54. The molecule has 1 N–H and O–H groups in total. The standard InChI is InChI=1S/C15H14N2O3/c1-9-5-12(8-20-9)14(18)10-3-4-13-11(6-10)7-17(2)15(19)16-13/h3-6,8H,7H2,1-2H3,(H,16,19). The van der Waals surface area contributed by atoms with E-state index in [0.29, 0.717) is 23.4 Å². The van der Waals surface area contributed by atoms with Gasteiger partial charge in [0.2, 0.25) is 0 Å². The Morgan fingerprint density at radius 1 is 1.30 bits per heavy atom. The third kappa shape index (κ3) is 2.07. The summed E-state index contributed by atoms with van der Waals surface area (Å²) in [6.07, 6.45) is 1.46. The van der Waals surface area contributed by atoms with Crippen LogP contribution in [-0.4, -0.2) is 23.8 Å². The summed E-state index contributed by atoms with van der Waals surface area (Å²) in [6, 6.07) is 6.88. The zero-order valence-electron chi connectivity index (χ0n) is 11.3. The van der Waals surface area contributed by atoms with Crippen LogP contribution in [0, 0.1) is 6.92 Å². The van der Waals surface area contributed by atoms with Crippen LogP contribution < -0.4 is 5.32 Å². The van der Waals surface area contributed by atoms with Gasteiger partial charge in [0.25, 0.3) is 0 Å². The van der Waals surface area contributed by atoms with Gasteiger partial charge in [-0.05, 0) is 36.8 Å². The molecule has 0 bridgehead atoms. The number of ketones is 1. The quantitative estimate of drug-likeness (QED) is 0.853. The van der Waals surface area contributed by atoms with Crippen molar-refractivity contribution in [1.29, 1.82) is 0 Å². The van der Waals surface area contributed by atoms with Gasteiger partial charge < -0.3 is 14.6 Å². The van der Waals surface area contributed by atoms with E-state index >= 15 is 0 Å². The zero-order chi connectivity index (χ0) is 14.3. The fraction of sp³-hybridized carbons (Fsp3) is 0.200. The van der Waals surface area contributed by atoms with Gasteiger partial charge in [-0.2, -0.15) is 0 Å². The molecule has 0 unspecified atom stereocenters. The predicted molar refractivity (Wildman–Crippen MR) is 73.8 cm³/mol. The van der Waals surface area contributed by atoms with Gasteiger partial charge in [0, 0.05) is 24.8 Å². The van der Waals surface area contributed by atoms with Crippen LogP contribution in [0.4, 0.5) is 10.5 Å². The number of amides is 2. The number of rotatable bonds is 2. The van der Waals surface area contributed by atoms with Gasteiger partial charge in [-0.15, -0.1) is 0 Å². The molecular formula is C15H14N2O3. The monoisotopic (exact) mass is 270 g/mol. The van der Waals surface area contributed by atoms with Crippen LogP contribution in [0.5, 0.6) is 0 Å². The molecule has 5 nitrogen and oxygen atoms in total. The number of nitrogens with zero attached hydrogens (tertiary/aromatic N) is 1. The maximum Gasteiger partial charge on any atom is 0.321 e. The van der Waals surface area contributed by atoms with Gasteiger partial charge in [0.05, 0.1) is 5.56 Å². The third-order valence-electron chi connectivity index (χ3n) is 3.36. The molecule has 3 rings (SSSR count). The largest absolute Gasteiger partial charge is 0.469 e. The molecule has 20 heavy (non-hydrogen) atoms. The summed E-state index contributed by atoms with van der Waals surface area (Å²) in [5.41, 5.74) is 2.82. The lowest BCUT2D eigenvalue weighted by molar-refractivity contribution is 0.103. The minimum absolute atomic E-state index is 0.0794. The first-order valence-electron chi connectivity index (χ1n) is 6.29. The van der Waals surface area contributed by atoms with Gasteiger partial charge in [-0.1, -0.05) is 0 Å². The fourth-order valence-electron chi connectivity index (χ4n) is 2.25. The maximum atomic E-state index is 12.3. The molecule has 0 radical (unpaired) electrons. The van der Waals surface area contributed by atoms with Crippen LogP contribution in [0.2, 0.25) is 0 Å². The van der Waals surface area contributed by atoms with Crippen LogP contribution in [0.15, 0.2) is 34.9 Å². The predicted octanol–water partition coefficient (Wildman–Crippen LogP) is 2.80. The van der Waals surface area contributed by atoms with Crippen LogP contribution in [0.3, 0.4) is 0 Å². The summed E-state index contributed by atoms with van der Waals surface area (Å²) >= 11 is 0. The summed E-state index contributed by atoms with van der Waals surface area (Å²) in [6.45, 7) is 2.29. The molecule has 0 aliphatic carbocycles. The molecule has 102 valence electrons. The van der Waals surface area contributed by atoms with E-state index in [-0.39, 0.29) is 11.8 Å². The highest BCUT2D eigenvalue weighted by Gasteiger charge is 2.21. The Labute approximate surface area is 116 Å². The number of hydrogen-bond donors (Lipinski definition) is 1. The van der Waals surface area contributed by atoms with Crippen molar-refractivity contribution < 1.29 is 14.0 Å². The van der Waals surface area contributed by atoms with Gasteiger partial charge in [0.1, 0.15) is 12.0 Å². The van der Waals surface area contributed by atoms with Crippen LogP contribution in [0.1, 0.15) is 27.2 Å². The average Bonchev–Trinajstić information content (AvgIpc) is 2.85. The molecule has 5 heteroatoms. The summed E-state index contributed by atoms with van der Waals surface area (Å²) in [5, 5.41) is 2.78. The van der Waals surface area contributed by atoms with Crippen molar-refractivity contribution in [3.63, 3.8) is 0 Å². The third-order valence-corrected chi connectivity index (χ3v) is 3.36. The second-order valence-electron chi connectivity index (χ2n) is 4.93. The normalized spacial score (nSPS) is 13.9. The highest BCUT2D eigenvalue weighted by atomic mass is 16.3. The molecule has 0 saturated carbocycles. The average molecular weight is 270 g/mol. The Hall–Kier alpha value is -2.56. The number of nitrogens with one attached hydrogen (secondary N) is 1. The van der Waals surface area contributed by atoms with Crippen molar-refractivity contribution in [2.24, 2.45) is 0 Å². The minimum Gasteiger partial charge on any atom is -0.469 e.